The van der Waals surface area contributed by atoms with Crippen LogP contribution in [0.25, 0.3) is 0 Å². The first-order chi connectivity index (χ1) is 23.2. The number of aromatic hydroxyl groups is 1. The summed E-state index contributed by atoms with van der Waals surface area (Å²) in [6.07, 6.45) is -5.98. The summed E-state index contributed by atoms with van der Waals surface area (Å²) >= 11 is 3.19. The van der Waals surface area contributed by atoms with Crippen LogP contribution < -0.4 is 15.4 Å². The number of nitrogens with one attached hydrogen (secondary N) is 2. The number of hydrogen-bond donors (Lipinski definition) is 4. The molecule has 0 unspecified atom stereocenters. The lowest BCUT2D eigenvalue weighted by Gasteiger charge is -2.23. The lowest BCUT2D eigenvalue weighted by Crippen LogP contribution is -2.36. The Bertz CT molecular complexity index is 1420. The number of amides is 2. The second-order valence-electron chi connectivity index (χ2n) is 14.0. The zero-order valence-corrected chi connectivity index (χ0v) is 33.3. The van der Waals surface area contributed by atoms with Crippen molar-refractivity contribution in [2.24, 2.45) is 0 Å². The summed E-state index contributed by atoms with van der Waals surface area (Å²) in [5.41, 5.74) is -0.0301. The standard InChI is InChI=1S/C17H25NO4.C12H17NO3.C5H9BrO.C2HF3O2/c1-12(19)17(5,6)21-14-9-7-13(8-10-14)11-18-15(20)22-16(2,3)4;1-12(2,3)16-11(15)13-8-9-4-6-10(14)7-5-9;1-4(7)5(2,3)6;3-2(4,5)1(6)7/h7-10H,11H2,1-6H3,(H,18,20);4-7,14H,8H2,1-3H3,(H,13,15);1-3H3;(H,6,7). The summed E-state index contributed by atoms with van der Waals surface area (Å²) in [6.45, 7) is 21.8. The maximum absolute atomic E-state index is 11.6. The van der Waals surface area contributed by atoms with E-state index in [4.69, 9.17) is 29.2 Å². The molecule has 52 heavy (non-hydrogen) atoms. The summed E-state index contributed by atoms with van der Waals surface area (Å²) in [4.78, 5) is 53.6. The number of alkyl carbamates (subject to hydrolysis) is 2. The summed E-state index contributed by atoms with van der Waals surface area (Å²) in [5.74, 6) is -1.81. The van der Waals surface area contributed by atoms with E-state index in [1.54, 1.807) is 57.2 Å². The molecule has 0 spiro atoms. The van der Waals surface area contributed by atoms with Crippen LogP contribution in [0.2, 0.25) is 0 Å². The van der Waals surface area contributed by atoms with E-state index in [9.17, 15) is 32.3 Å². The van der Waals surface area contributed by atoms with E-state index < -0.39 is 41.1 Å². The number of carbonyl (C=O) groups excluding carboxylic acids is 4. The fraction of sp³-hybridized carbons (Fsp3) is 0.528. The van der Waals surface area contributed by atoms with Gasteiger partial charge in [-0.25, -0.2) is 14.4 Å². The molecular formula is C36H52BrF3N2O10. The van der Waals surface area contributed by atoms with Crippen molar-refractivity contribution in [2.45, 2.75) is 123 Å². The number of carboxylic acid groups (broad SMARTS) is 1. The van der Waals surface area contributed by atoms with Gasteiger partial charge in [-0.05, 0) is 118 Å². The minimum absolute atomic E-state index is 0.0387. The number of phenolic OH excluding ortho intramolecular Hbond substituents is 1. The second-order valence-corrected chi connectivity index (χ2v) is 16.0. The van der Waals surface area contributed by atoms with Gasteiger partial charge in [-0.3, -0.25) is 9.59 Å². The Morgan fingerprint density at radius 3 is 1.21 bits per heavy atom. The second kappa shape index (κ2) is 21.2. The highest BCUT2D eigenvalue weighted by atomic mass is 79.9. The molecule has 0 atom stereocenters. The van der Waals surface area contributed by atoms with Gasteiger partial charge in [0.15, 0.2) is 11.4 Å². The number of alkyl halides is 4. The molecule has 0 aromatic heterocycles. The van der Waals surface area contributed by atoms with E-state index in [-0.39, 0.29) is 21.6 Å². The normalized spacial score (nSPS) is 11.4. The van der Waals surface area contributed by atoms with E-state index in [0.29, 0.717) is 18.8 Å². The molecule has 294 valence electrons. The van der Waals surface area contributed by atoms with Gasteiger partial charge < -0.3 is 35.1 Å². The fourth-order valence-corrected chi connectivity index (χ4v) is 2.63. The maximum atomic E-state index is 11.6. The predicted octanol–water partition coefficient (Wildman–Crippen LogP) is 8.26. The molecule has 0 aliphatic rings. The third kappa shape index (κ3) is 26.5. The number of phenols is 1. The Hall–Kier alpha value is -4.34. The van der Waals surface area contributed by atoms with E-state index in [1.165, 1.54) is 6.92 Å². The number of benzene rings is 2. The van der Waals surface area contributed by atoms with Crippen molar-refractivity contribution in [3.63, 3.8) is 0 Å². The van der Waals surface area contributed by atoms with E-state index in [2.05, 4.69) is 26.6 Å². The Morgan fingerprint density at radius 1 is 0.654 bits per heavy atom. The SMILES string of the molecule is CC(=O)C(C)(C)Br.CC(=O)C(C)(C)Oc1ccc(CNC(=O)OC(C)(C)C)cc1.CC(C)(C)OC(=O)NCc1ccc(O)cc1.O=C(O)C(F)(F)F. The largest absolute Gasteiger partial charge is 0.508 e. The Balaban J connectivity index is 0. The third-order valence-corrected chi connectivity index (χ3v) is 6.39. The van der Waals surface area contributed by atoms with Crippen molar-refractivity contribution >= 4 is 45.7 Å². The molecule has 2 aromatic rings. The molecular weight excluding hydrogens is 757 g/mol. The van der Waals surface area contributed by atoms with Crippen molar-refractivity contribution in [1.82, 2.24) is 10.6 Å². The van der Waals surface area contributed by atoms with Crippen LogP contribution in [-0.2, 0) is 36.9 Å². The van der Waals surface area contributed by atoms with Crippen LogP contribution in [0.3, 0.4) is 0 Å². The topological polar surface area (TPSA) is 178 Å². The first-order valence-electron chi connectivity index (χ1n) is 15.8. The number of ether oxygens (including phenoxy) is 3. The molecule has 16 heteroatoms. The number of hydrogen-bond acceptors (Lipinski definition) is 9. The van der Waals surface area contributed by atoms with Crippen molar-refractivity contribution in [2.75, 3.05) is 0 Å². The summed E-state index contributed by atoms with van der Waals surface area (Å²) < 4.78 is 47.3. The molecule has 2 rings (SSSR count). The van der Waals surface area contributed by atoms with Gasteiger partial charge in [0, 0.05) is 13.1 Å². The molecule has 0 saturated heterocycles. The van der Waals surface area contributed by atoms with Crippen molar-refractivity contribution in [1.29, 1.82) is 0 Å². The number of aliphatic carboxylic acids is 1. The van der Waals surface area contributed by atoms with Crippen LogP contribution in [0.5, 0.6) is 11.5 Å². The summed E-state index contributed by atoms with van der Waals surface area (Å²) in [7, 11) is 0. The van der Waals surface area contributed by atoms with Gasteiger partial charge in [0.05, 0.1) is 4.32 Å². The highest BCUT2D eigenvalue weighted by molar-refractivity contribution is 9.10. The molecule has 2 amide bonds. The van der Waals surface area contributed by atoms with Crippen LogP contribution in [0.1, 0.15) is 94.2 Å². The summed E-state index contributed by atoms with van der Waals surface area (Å²) in [5, 5.41) is 21.5. The predicted molar refractivity (Wildman–Crippen MR) is 193 cm³/mol. The number of carboxylic acids is 1. The molecule has 0 radical (unpaired) electrons. The number of halogens is 4. The van der Waals surface area contributed by atoms with Crippen LogP contribution in [0.15, 0.2) is 48.5 Å². The molecule has 0 fully saturated rings. The lowest BCUT2D eigenvalue weighted by molar-refractivity contribution is -0.192. The smallest absolute Gasteiger partial charge is 0.490 e. The first kappa shape index (κ1) is 49.8. The van der Waals surface area contributed by atoms with Crippen LogP contribution in [0.4, 0.5) is 22.8 Å². The molecule has 0 saturated carbocycles. The quantitative estimate of drug-likeness (QED) is 0.190. The average molecular weight is 810 g/mol. The van der Waals surface area contributed by atoms with Crippen molar-refractivity contribution in [3.05, 3.63) is 59.7 Å². The van der Waals surface area contributed by atoms with Crippen LogP contribution >= 0.6 is 15.9 Å². The van der Waals surface area contributed by atoms with Crippen LogP contribution in [0, 0.1) is 0 Å². The highest BCUT2D eigenvalue weighted by Crippen LogP contribution is 2.20. The minimum Gasteiger partial charge on any atom is -0.508 e. The zero-order chi connectivity index (χ0) is 41.3. The molecule has 0 aliphatic heterocycles. The average Bonchev–Trinajstić information content (AvgIpc) is 2.94. The maximum Gasteiger partial charge on any atom is 0.490 e. The van der Waals surface area contributed by atoms with E-state index in [0.717, 1.165) is 11.1 Å². The highest BCUT2D eigenvalue weighted by Gasteiger charge is 2.38. The number of ketones is 2. The molecule has 4 N–H and O–H groups in total. The minimum atomic E-state index is -5.08. The lowest BCUT2D eigenvalue weighted by atomic mass is 10.1. The monoisotopic (exact) mass is 808 g/mol. The van der Waals surface area contributed by atoms with Crippen molar-refractivity contribution < 1.29 is 61.6 Å². The number of Topliss-reactive ketones (excluding diaryl/α,β-unsaturated/α-hetero) is 2. The molecule has 0 bridgehead atoms. The Morgan fingerprint density at radius 2 is 0.962 bits per heavy atom. The van der Waals surface area contributed by atoms with Gasteiger partial charge >= 0.3 is 24.3 Å². The molecule has 0 heterocycles. The molecule has 12 nitrogen and oxygen atoms in total. The van der Waals surface area contributed by atoms with Gasteiger partial charge in [0.2, 0.25) is 0 Å². The number of carbonyl (C=O) groups is 5. The van der Waals surface area contributed by atoms with Gasteiger partial charge in [-0.2, -0.15) is 13.2 Å². The molecule has 2 aromatic carbocycles. The first-order valence-corrected chi connectivity index (χ1v) is 16.5. The Labute approximate surface area is 311 Å². The molecule has 0 aliphatic carbocycles. The fourth-order valence-electron chi connectivity index (χ4n) is 2.63. The van der Waals surface area contributed by atoms with Crippen LogP contribution in [-0.4, -0.2) is 67.2 Å². The third-order valence-electron chi connectivity index (χ3n) is 5.83. The summed E-state index contributed by atoms with van der Waals surface area (Å²) in [6, 6.07) is 13.9. The van der Waals surface area contributed by atoms with E-state index in [1.807, 2.05) is 67.5 Å². The van der Waals surface area contributed by atoms with Gasteiger partial charge in [-0.15, -0.1) is 0 Å². The Kier molecular flexibility index (Phi) is 20.3. The van der Waals surface area contributed by atoms with Crippen molar-refractivity contribution in [3.8, 4) is 11.5 Å². The van der Waals surface area contributed by atoms with Gasteiger partial charge in [0.25, 0.3) is 0 Å². The number of rotatable bonds is 8. The zero-order valence-electron chi connectivity index (χ0n) is 31.7. The van der Waals surface area contributed by atoms with Gasteiger partial charge in [-0.1, -0.05) is 40.2 Å². The van der Waals surface area contributed by atoms with Gasteiger partial charge in [0.1, 0.15) is 28.5 Å². The van der Waals surface area contributed by atoms with E-state index >= 15 is 0 Å².